The van der Waals surface area contributed by atoms with Crippen molar-refractivity contribution < 1.29 is 9.59 Å². The van der Waals surface area contributed by atoms with Crippen molar-refractivity contribution in [2.24, 2.45) is 0 Å². The predicted octanol–water partition coefficient (Wildman–Crippen LogP) is 2.76. The Bertz CT molecular complexity index is 359. The predicted molar refractivity (Wildman–Crippen MR) is 62.7 cm³/mol. The maximum atomic E-state index is 11.3. The van der Waals surface area contributed by atoms with Crippen LogP contribution in [0.4, 0.5) is 5.69 Å². The van der Waals surface area contributed by atoms with Crippen LogP contribution in [0.15, 0.2) is 28.7 Å². The Morgan fingerprint density at radius 1 is 1.20 bits per heavy atom. The second kappa shape index (κ2) is 5.66. The molecule has 0 fully saturated rings. The van der Waals surface area contributed by atoms with Gasteiger partial charge >= 0.3 is 0 Å². The monoisotopic (exact) mass is 269 g/mol. The van der Waals surface area contributed by atoms with Crippen LogP contribution in [0.25, 0.3) is 0 Å². The van der Waals surface area contributed by atoms with Gasteiger partial charge in [0.1, 0.15) is 5.78 Å². The fourth-order valence-electron chi connectivity index (χ4n) is 1.05. The number of halogens is 1. The number of carbonyl (C=O) groups is 2. The first kappa shape index (κ1) is 11.9. The Kier molecular flexibility index (Phi) is 4.49. The lowest BCUT2D eigenvalue weighted by atomic mass is 10.2. The number of carbonyl (C=O) groups excluding carboxylic acids is 2. The Morgan fingerprint density at radius 2 is 1.80 bits per heavy atom. The third kappa shape index (κ3) is 4.74. The summed E-state index contributed by atoms with van der Waals surface area (Å²) in [5.41, 5.74) is 0.742. The van der Waals surface area contributed by atoms with E-state index in [4.69, 9.17) is 0 Å². The first-order valence-corrected chi connectivity index (χ1v) is 5.42. The van der Waals surface area contributed by atoms with E-state index in [0.717, 1.165) is 10.2 Å². The highest BCUT2D eigenvalue weighted by atomic mass is 79.9. The molecule has 1 N–H and O–H groups in total. The van der Waals surface area contributed by atoms with Crippen LogP contribution in [0.2, 0.25) is 0 Å². The van der Waals surface area contributed by atoms with E-state index in [9.17, 15) is 9.59 Å². The smallest absolute Gasteiger partial charge is 0.224 e. The van der Waals surface area contributed by atoms with Crippen molar-refractivity contribution in [1.82, 2.24) is 0 Å². The normalized spacial score (nSPS) is 9.73. The van der Waals surface area contributed by atoms with Crippen LogP contribution in [-0.2, 0) is 9.59 Å². The summed E-state index contributed by atoms with van der Waals surface area (Å²) in [6.07, 6.45) is 0.535. The Hall–Kier alpha value is -1.16. The number of ketones is 1. The minimum atomic E-state index is -0.132. The van der Waals surface area contributed by atoms with Gasteiger partial charge in [-0.3, -0.25) is 4.79 Å². The summed E-state index contributed by atoms with van der Waals surface area (Å²) in [6, 6.07) is 7.30. The van der Waals surface area contributed by atoms with Gasteiger partial charge in [0.15, 0.2) is 0 Å². The summed E-state index contributed by atoms with van der Waals surface area (Å²) in [7, 11) is 0. The van der Waals surface area contributed by atoms with E-state index >= 15 is 0 Å². The molecule has 0 saturated carbocycles. The molecule has 1 aromatic rings. The minimum absolute atomic E-state index is 0.0287. The molecule has 0 aliphatic rings. The molecule has 15 heavy (non-hydrogen) atoms. The molecular weight excluding hydrogens is 258 g/mol. The fourth-order valence-corrected chi connectivity index (χ4v) is 1.31. The molecule has 0 bridgehead atoms. The summed E-state index contributed by atoms with van der Waals surface area (Å²) in [5.74, 6) is -0.103. The zero-order valence-corrected chi connectivity index (χ0v) is 10.0. The minimum Gasteiger partial charge on any atom is -0.326 e. The topological polar surface area (TPSA) is 46.2 Å². The summed E-state index contributed by atoms with van der Waals surface area (Å²) >= 11 is 3.30. The lowest BCUT2D eigenvalue weighted by molar-refractivity contribution is -0.121. The van der Waals surface area contributed by atoms with Crippen LogP contribution in [0.1, 0.15) is 19.8 Å². The summed E-state index contributed by atoms with van der Waals surface area (Å²) in [6.45, 7) is 1.48. The van der Waals surface area contributed by atoms with E-state index in [2.05, 4.69) is 21.2 Å². The van der Waals surface area contributed by atoms with E-state index < -0.39 is 0 Å². The van der Waals surface area contributed by atoms with Gasteiger partial charge in [-0.05, 0) is 31.2 Å². The fraction of sp³-hybridized carbons (Fsp3) is 0.273. The molecule has 1 amide bonds. The number of rotatable bonds is 4. The number of hydrogen-bond donors (Lipinski definition) is 1. The number of hydrogen-bond acceptors (Lipinski definition) is 2. The molecule has 4 heteroatoms. The molecule has 1 aromatic carbocycles. The zero-order valence-electron chi connectivity index (χ0n) is 8.42. The molecule has 0 spiro atoms. The van der Waals surface area contributed by atoms with Crippen LogP contribution >= 0.6 is 15.9 Å². The van der Waals surface area contributed by atoms with Crippen LogP contribution in [0.5, 0.6) is 0 Å². The molecule has 0 saturated heterocycles. The van der Waals surface area contributed by atoms with Crippen molar-refractivity contribution in [2.75, 3.05) is 5.32 Å². The summed E-state index contributed by atoms with van der Waals surface area (Å²) in [4.78, 5) is 22.0. The van der Waals surface area contributed by atoms with E-state index in [-0.39, 0.29) is 18.1 Å². The highest BCUT2D eigenvalue weighted by Crippen LogP contribution is 2.14. The van der Waals surface area contributed by atoms with Crippen LogP contribution in [-0.4, -0.2) is 11.7 Å². The Balaban J connectivity index is 2.44. The third-order valence-corrected chi connectivity index (χ3v) is 2.36. The van der Waals surface area contributed by atoms with Crippen LogP contribution < -0.4 is 5.32 Å². The van der Waals surface area contributed by atoms with Crippen molar-refractivity contribution in [3.8, 4) is 0 Å². The van der Waals surface area contributed by atoms with Crippen LogP contribution in [0, 0.1) is 0 Å². The van der Waals surface area contributed by atoms with Gasteiger partial charge in [-0.25, -0.2) is 0 Å². The van der Waals surface area contributed by atoms with E-state index in [0.29, 0.717) is 6.42 Å². The second-order valence-electron chi connectivity index (χ2n) is 3.26. The maximum Gasteiger partial charge on any atom is 0.224 e. The number of anilines is 1. The highest BCUT2D eigenvalue weighted by Gasteiger charge is 2.03. The zero-order chi connectivity index (χ0) is 11.3. The van der Waals surface area contributed by atoms with Gasteiger partial charge in [0.2, 0.25) is 5.91 Å². The molecule has 0 aliphatic carbocycles. The summed E-state index contributed by atoms with van der Waals surface area (Å²) < 4.78 is 0.962. The quantitative estimate of drug-likeness (QED) is 0.914. The standard InChI is InChI=1S/C11H12BrNO2/c1-8(14)2-7-11(15)13-10-5-3-9(12)4-6-10/h3-6H,2,7H2,1H3,(H,13,15). The van der Waals surface area contributed by atoms with Crippen molar-refractivity contribution in [1.29, 1.82) is 0 Å². The molecule has 0 heterocycles. The molecule has 0 radical (unpaired) electrons. The SMILES string of the molecule is CC(=O)CCC(=O)Nc1ccc(Br)cc1. The average molecular weight is 270 g/mol. The molecule has 80 valence electrons. The molecule has 0 atom stereocenters. The second-order valence-corrected chi connectivity index (χ2v) is 4.17. The van der Waals surface area contributed by atoms with E-state index in [1.54, 1.807) is 12.1 Å². The van der Waals surface area contributed by atoms with Gasteiger partial charge < -0.3 is 10.1 Å². The van der Waals surface area contributed by atoms with Gasteiger partial charge in [-0.1, -0.05) is 15.9 Å². The lowest BCUT2D eigenvalue weighted by Crippen LogP contribution is -2.12. The number of nitrogens with one attached hydrogen (secondary N) is 1. The average Bonchev–Trinajstić information content (AvgIpc) is 2.19. The first-order valence-electron chi connectivity index (χ1n) is 4.63. The van der Waals surface area contributed by atoms with Gasteiger partial charge in [-0.2, -0.15) is 0 Å². The highest BCUT2D eigenvalue weighted by molar-refractivity contribution is 9.10. The van der Waals surface area contributed by atoms with Crippen molar-refractivity contribution in [3.63, 3.8) is 0 Å². The molecule has 1 rings (SSSR count). The molecule has 0 aliphatic heterocycles. The molecule has 0 aromatic heterocycles. The third-order valence-electron chi connectivity index (χ3n) is 1.83. The number of benzene rings is 1. The van der Waals surface area contributed by atoms with Gasteiger partial charge in [0.05, 0.1) is 0 Å². The number of Topliss-reactive ketones (excluding diaryl/α,β-unsaturated/α-hetero) is 1. The van der Waals surface area contributed by atoms with Gasteiger partial charge in [-0.15, -0.1) is 0 Å². The Morgan fingerprint density at radius 3 is 2.33 bits per heavy atom. The first-order chi connectivity index (χ1) is 7.08. The summed E-state index contributed by atoms with van der Waals surface area (Å²) in [5, 5.41) is 2.71. The van der Waals surface area contributed by atoms with Crippen molar-refractivity contribution in [2.45, 2.75) is 19.8 Å². The van der Waals surface area contributed by atoms with E-state index in [1.165, 1.54) is 6.92 Å². The maximum absolute atomic E-state index is 11.3. The Labute approximate surface area is 97.0 Å². The van der Waals surface area contributed by atoms with E-state index in [1.807, 2.05) is 12.1 Å². The largest absolute Gasteiger partial charge is 0.326 e. The van der Waals surface area contributed by atoms with Gasteiger partial charge in [0.25, 0.3) is 0 Å². The molecular formula is C11H12BrNO2. The lowest BCUT2D eigenvalue weighted by Gasteiger charge is -2.03. The number of amides is 1. The molecule has 3 nitrogen and oxygen atoms in total. The van der Waals surface area contributed by atoms with Crippen molar-refractivity contribution in [3.05, 3.63) is 28.7 Å². The van der Waals surface area contributed by atoms with Crippen molar-refractivity contribution >= 4 is 33.3 Å². The molecule has 0 unspecified atom stereocenters. The van der Waals surface area contributed by atoms with Crippen LogP contribution in [0.3, 0.4) is 0 Å². The van der Waals surface area contributed by atoms with Gasteiger partial charge in [0, 0.05) is 23.0 Å².